The van der Waals surface area contributed by atoms with E-state index < -0.39 is 11.1 Å². The van der Waals surface area contributed by atoms with Gasteiger partial charge in [-0.2, -0.15) is 0 Å². The van der Waals surface area contributed by atoms with Crippen molar-refractivity contribution in [1.29, 1.82) is 0 Å². The summed E-state index contributed by atoms with van der Waals surface area (Å²) in [6, 6.07) is 0. The molecule has 0 heterocycles. The number of hydrogen-bond acceptors (Lipinski definition) is 4. The van der Waals surface area contributed by atoms with E-state index >= 15 is 0 Å². The molecule has 0 bridgehead atoms. The highest BCUT2D eigenvalue weighted by Crippen LogP contribution is 2.54. The predicted molar refractivity (Wildman–Crippen MR) is 118 cm³/mol. The first kappa shape index (κ1) is 23.5. The van der Waals surface area contributed by atoms with Crippen molar-refractivity contribution in [2.75, 3.05) is 14.1 Å². The van der Waals surface area contributed by atoms with Crippen molar-refractivity contribution in [1.82, 2.24) is 15.1 Å². The Labute approximate surface area is 185 Å². The fourth-order valence-corrected chi connectivity index (χ4v) is 5.53. The van der Waals surface area contributed by atoms with Crippen LogP contribution >= 0.6 is 0 Å². The highest BCUT2D eigenvalue weighted by atomic mass is 16.2. The first-order valence-corrected chi connectivity index (χ1v) is 11.3. The first-order valence-electron chi connectivity index (χ1n) is 11.3. The zero-order chi connectivity index (χ0) is 23.5. The van der Waals surface area contributed by atoms with Gasteiger partial charge in [0.2, 0.25) is 11.8 Å². The van der Waals surface area contributed by atoms with Crippen molar-refractivity contribution in [3.05, 3.63) is 11.8 Å². The molecular formula is C24H37N3O4. The molecule has 3 fully saturated rings. The van der Waals surface area contributed by atoms with Crippen LogP contribution in [0.15, 0.2) is 11.8 Å². The van der Waals surface area contributed by atoms with Gasteiger partial charge in [0.25, 0.3) is 5.91 Å². The molecule has 1 N–H and O–H groups in total. The van der Waals surface area contributed by atoms with Gasteiger partial charge in [0, 0.05) is 20.0 Å². The molecule has 0 aromatic rings. The third-order valence-corrected chi connectivity index (χ3v) is 8.20. The molecule has 3 aliphatic rings. The molecule has 4 atom stereocenters. The number of allylic oxidation sites excluding steroid dienone is 1. The molecule has 0 aliphatic heterocycles. The summed E-state index contributed by atoms with van der Waals surface area (Å²) >= 11 is 0. The summed E-state index contributed by atoms with van der Waals surface area (Å²) in [5.41, 5.74) is -1.71. The molecule has 3 rings (SSSR count). The van der Waals surface area contributed by atoms with Crippen LogP contribution in [0.1, 0.15) is 60.8 Å². The maximum atomic E-state index is 13.5. The van der Waals surface area contributed by atoms with Gasteiger partial charge in [-0.25, -0.2) is 0 Å². The Hall–Kier alpha value is -2.18. The second kappa shape index (κ2) is 7.45. The molecule has 3 aliphatic carbocycles. The highest BCUT2D eigenvalue weighted by molar-refractivity contribution is 6.02. The molecule has 3 saturated carbocycles. The second-order valence-electron chi connectivity index (χ2n) is 10.9. The topological polar surface area (TPSA) is 86.8 Å². The van der Waals surface area contributed by atoms with Crippen molar-refractivity contribution < 1.29 is 19.2 Å². The van der Waals surface area contributed by atoms with E-state index in [-0.39, 0.29) is 46.6 Å². The van der Waals surface area contributed by atoms with Gasteiger partial charge in [0.1, 0.15) is 23.1 Å². The summed E-state index contributed by atoms with van der Waals surface area (Å²) < 4.78 is 0. The monoisotopic (exact) mass is 431 g/mol. The fourth-order valence-electron chi connectivity index (χ4n) is 5.53. The number of nitrogens with zero attached hydrogens (tertiary/aromatic N) is 2. The fraction of sp³-hybridized carbons (Fsp3) is 0.750. The van der Waals surface area contributed by atoms with Crippen molar-refractivity contribution in [3.8, 4) is 0 Å². The Balaban J connectivity index is 1.83. The zero-order valence-electron chi connectivity index (χ0n) is 20.1. The lowest BCUT2D eigenvalue weighted by Crippen LogP contribution is -2.70. The molecule has 0 spiro atoms. The number of rotatable bonds is 7. The minimum Gasteiger partial charge on any atom is -0.341 e. The predicted octanol–water partition coefficient (Wildman–Crippen LogP) is 2.36. The number of aldehydes is 1. The van der Waals surface area contributed by atoms with E-state index in [1.165, 1.54) is 9.80 Å². The molecule has 31 heavy (non-hydrogen) atoms. The Kier molecular flexibility index (Phi) is 5.64. The van der Waals surface area contributed by atoms with E-state index in [1.54, 1.807) is 27.1 Å². The first-order chi connectivity index (χ1) is 14.3. The smallest absolute Gasteiger partial charge is 0.270 e. The number of likely N-dealkylation sites (N-methyl/N-ethyl adjacent to an activating group) is 2. The van der Waals surface area contributed by atoms with Crippen molar-refractivity contribution in [2.24, 2.45) is 29.1 Å². The average molecular weight is 432 g/mol. The van der Waals surface area contributed by atoms with Crippen LogP contribution in [0, 0.1) is 29.1 Å². The summed E-state index contributed by atoms with van der Waals surface area (Å²) in [6.45, 7) is 11.8. The van der Waals surface area contributed by atoms with E-state index in [0.29, 0.717) is 18.8 Å². The van der Waals surface area contributed by atoms with Crippen molar-refractivity contribution in [3.63, 3.8) is 0 Å². The lowest BCUT2D eigenvalue weighted by Gasteiger charge is -2.56. The van der Waals surface area contributed by atoms with Crippen molar-refractivity contribution in [2.45, 2.75) is 71.9 Å². The Morgan fingerprint density at radius 2 is 1.55 bits per heavy atom. The second-order valence-corrected chi connectivity index (χ2v) is 10.9. The summed E-state index contributed by atoms with van der Waals surface area (Å²) in [4.78, 5) is 54.4. The van der Waals surface area contributed by atoms with Gasteiger partial charge in [-0.3, -0.25) is 14.4 Å². The van der Waals surface area contributed by atoms with E-state index in [9.17, 15) is 19.2 Å². The third kappa shape index (κ3) is 3.60. The van der Waals surface area contributed by atoms with Crippen LogP contribution in [-0.2, 0) is 19.2 Å². The Morgan fingerprint density at radius 1 is 1.03 bits per heavy atom. The molecule has 0 aromatic heterocycles. The minimum atomic E-state index is -1.04. The summed E-state index contributed by atoms with van der Waals surface area (Å²) in [5.74, 6) is -0.266. The number of carbonyl (C=O) groups excluding carboxylic acids is 4. The van der Waals surface area contributed by atoms with Crippen LogP contribution in [0.25, 0.3) is 0 Å². The molecular weight excluding hydrogens is 394 g/mol. The quantitative estimate of drug-likeness (QED) is 0.495. The van der Waals surface area contributed by atoms with E-state index in [4.69, 9.17) is 0 Å². The average Bonchev–Trinajstić information content (AvgIpc) is 3.55. The minimum absolute atomic E-state index is 0.0387. The highest BCUT2D eigenvalue weighted by Gasteiger charge is 2.65. The molecule has 172 valence electrons. The number of carbonyl (C=O) groups is 4. The van der Waals surface area contributed by atoms with Gasteiger partial charge in [0.15, 0.2) is 0 Å². The maximum absolute atomic E-state index is 13.5. The standard InChI is InChI=1S/C24H37N3O4/c1-9-18(26(7)19(29)17-10-14(17)2)20(30)27(8)23(11-22(5,6)12-23)21(31)25-24(13-28)15(3)16(24)4/h9,13-17H,10-12H2,1-8H3,(H,25,31)/b18-9+/t14-,15?,16?,17+,24?/m1/s1. The molecule has 7 nitrogen and oxygen atoms in total. The molecule has 0 saturated heterocycles. The summed E-state index contributed by atoms with van der Waals surface area (Å²) in [5, 5.41) is 2.97. The Bertz CT molecular complexity index is 830. The Morgan fingerprint density at radius 3 is 1.90 bits per heavy atom. The van der Waals surface area contributed by atoms with Crippen LogP contribution in [0.3, 0.4) is 0 Å². The van der Waals surface area contributed by atoms with Gasteiger partial charge >= 0.3 is 0 Å². The lowest BCUT2D eigenvalue weighted by atomic mass is 9.58. The van der Waals surface area contributed by atoms with Gasteiger partial charge in [0.05, 0.1) is 0 Å². The largest absolute Gasteiger partial charge is 0.341 e. The van der Waals surface area contributed by atoms with Gasteiger partial charge < -0.3 is 19.9 Å². The molecule has 3 amide bonds. The maximum Gasteiger partial charge on any atom is 0.270 e. The van der Waals surface area contributed by atoms with Gasteiger partial charge in [-0.15, -0.1) is 0 Å². The molecule has 0 radical (unpaired) electrons. The van der Waals surface area contributed by atoms with E-state index in [1.807, 2.05) is 20.8 Å². The van der Waals surface area contributed by atoms with Crippen LogP contribution in [0.4, 0.5) is 0 Å². The summed E-state index contributed by atoms with van der Waals surface area (Å²) in [7, 11) is 3.26. The number of amides is 3. The van der Waals surface area contributed by atoms with E-state index in [0.717, 1.165) is 12.7 Å². The number of nitrogens with one attached hydrogen (secondary N) is 1. The van der Waals surface area contributed by atoms with E-state index in [2.05, 4.69) is 19.2 Å². The van der Waals surface area contributed by atoms with Crippen LogP contribution in [0.2, 0.25) is 0 Å². The molecule has 7 heteroatoms. The van der Waals surface area contributed by atoms with Gasteiger partial charge in [-0.05, 0) is 49.4 Å². The van der Waals surface area contributed by atoms with Gasteiger partial charge in [-0.1, -0.05) is 40.7 Å². The van der Waals surface area contributed by atoms with Crippen LogP contribution in [-0.4, -0.2) is 59.0 Å². The zero-order valence-corrected chi connectivity index (χ0v) is 20.1. The summed E-state index contributed by atoms with van der Waals surface area (Å²) in [6.07, 6.45) is 4.31. The molecule has 0 aromatic carbocycles. The van der Waals surface area contributed by atoms with Crippen LogP contribution in [0.5, 0.6) is 0 Å². The number of hydrogen-bond donors (Lipinski definition) is 1. The van der Waals surface area contributed by atoms with Crippen LogP contribution < -0.4 is 5.32 Å². The lowest BCUT2D eigenvalue weighted by molar-refractivity contribution is -0.160. The SMILES string of the molecule is C/C=C(\C(=O)N(C)C1(C(=O)NC2(C=O)C(C)C2C)CC(C)(C)C1)N(C)C(=O)[C@H]1C[C@H]1C. The molecule has 2 unspecified atom stereocenters. The third-order valence-electron chi connectivity index (χ3n) is 8.20. The normalized spacial score (nSPS) is 34.8. The van der Waals surface area contributed by atoms with Crippen molar-refractivity contribution >= 4 is 24.0 Å².